The molecule has 0 amide bonds. The van der Waals surface area contributed by atoms with Gasteiger partial charge in [-0.2, -0.15) is 0 Å². The number of rotatable bonds is 8. The molecule has 1 fully saturated rings. The van der Waals surface area contributed by atoms with Crippen LogP contribution >= 0.6 is 0 Å². The summed E-state index contributed by atoms with van der Waals surface area (Å²) in [5, 5.41) is 3.49. The zero-order valence-corrected chi connectivity index (χ0v) is 13.0. The van der Waals surface area contributed by atoms with Gasteiger partial charge in [-0.1, -0.05) is 33.6 Å². The summed E-state index contributed by atoms with van der Waals surface area (Å²) in [6, 6.07) is 1.46. The molecule has 2 nitrogen and oxygen atoms in total. The molecule has 0 aromatic carbocycles. The lowest BCUT2D eigenvalue weighted by atomic mass is 9.93. The molecule has 0 aromatic heterocycles. The van der Waals surface area contributed by atoms with Crippen molar-refractivity contribution in [2.75, 3.05) is 19.6 Å². The third-order valence-electron chi connectivity index (χ3n) is 4.20. The highest BCUT2D eigenvalue weighted by Gasteiger charge is 2.21. The molecular formula is C16H34N2. The first kappa shape index (κ1) is 16.0. The molecular weight excluding hydrogens is 220 g/mol. The lowest BCUT2D eigenvalue weighted by molar-refractivity contribution is 0.127. The quantitative estimate of drug-likeness (QED) is 0.665. The average Bonchev–Trinajstić information content (AvgIpc) is 2.30. The van der Waals surface area contributed by atoms with E-state index in [-0.39, 0.29) is 0 Å². The van der Waals surface area contributed by atoms with Gasteiger partial charge in [0.05, 0.1) is 0 Å². The minimum atomic E-state index is 0.640. The van der Waals surface area contributed by atoms with Crippen LogP contribution in [0.15, 0.2) is 0 Å². The second-order valence-corrected chi connectivity index (χ2v) is 6.54. The van der Waals surface area contributed by atoms with Crippen molar-refractivity contribution in [2.24, 2.45) is 5.92 Å². The Labute approximate surface area is 115 Å². The summed E-state index contributed by atoms with van der Waals surface area (Å²) >= 11 is 0. The topological polar surface area (TPSA) is 15.3 Å². The van der Waals surface area contributed by atoms with Gasteiger partial charge in [0.2, 0.25) is 0 Å². The van der Waals surface area contributed by atoms with Crippen LogP contribution in [0.4, 0.5) is 0 Å². The zero-order valence-electron chi connectivity index (χ0n) is 13.0. The zero-order chi connectivity index (χ0) is 13.4. The normalized spacial score (nSPS) is 25.8. The number of hydrogen-bond donors (Lipinski definition) is 1. The van der Waals surface area contributed by atoms with Crippen molar-refractivity contribution in [3.8, 4) is 0 Å². The summed E-state index contributed by atoms with van der Waals surface area (Å²) in [6.45, 7) is 13.1. The van der Waals surface area contributed by atoms with Gasteiger partial charge in [0.25, 0.3) is 0 Å². The smallest absolute Gasteiger partial charge is 0.00694 e. The molecule has 1 heterocycles. The molecule has 2 unspecified atom stereocenters. The molecule has 0 bridgehead atoms. The van der Waals surface area contributed by atoms with Crippen LogP contribution in [0.2, 0.25) is 0 Å². The number of unbranched alkanes of at least 4 members (excludes halogenated alkanes) is 3. The number of piperidine rings is 1. The molecule has 1 aliphatic heterocycles. The van der Waals surface area contributed by atoms with E-state index in [1.54, 1.807) is 0 Å². The van der Waals surface area contributed by atoms with Crippen LogP contribution < -0.4 is 5.32 Å². The van der Waals surface area contributed by atoms with Gasteiger partial charge in [-0.15, -0.1) is 0 Å². The standard InChI is InChI=1S/C16H34N2/c1-14(2)17-10-7-5-6-8-11-18-12-9-15(3)13-16(18)4/h14-17H,5-13H2,1-4H3. The maximum absolute atomic E-state index is 3.49. The van der Waals surface area contributed by atoms with Gasteiger partial charge in [0, 0.05) is 12.1 Å². The summed E-state index contributed by atoms with van der Waals surface area (Å²) in [4.78, 5) is 2.70. The van der Waals surface area contributed by atoms with Crippen LogP contribution in [0.3, 0.4) is 0 Å². The van der Waals surface area contributed by atoms with Crippen molar-refractivity contribution < 1.29 is 0 Å². The molecule has 1 saturated heterocycles. The van der Waals surface area contributed by atoms with Gasteiger partial charge in [-0.3, -0.25) is 0 Å². The minimum Gasteiger partial charge on any atom is -0.315 e. The van der Waals surface area contributed by atoms with E-state index in [0.29, 0.717) is 6.04 Å². The molecule has 1 aliphatic rings. The number of nitrogens with zero attached hydrogens (tertiary/aromatic N) is 1. The van der Waals surface area contributed by atoms with Crippen molar-refractivity contribution in [1.29, 1.82) is 0 Å². The maximum Gasteiger partial charge on any atom is 0.00694 e. The minimum absolute atomic E-state index is 0.640. The van der Waals surface area contributed by atoms with E-state index in [9.17, 15) is 0 Å². The Bertz CT molecular complexity index is 203. The van der Waals surface area contributed by atoms with E-state index in [1.807, 2.05) is 0 Å². The van der Waals surface area contributed by atoms with Crippen molar-refractivity contribution in [2.45, 2.75) is 78.3 Å². The summed E-state index contributed by atoms with van der Waals surface area (Å²) in [6.07, 6.45) is 8.32. The van der Waals surface area contributed by atoms with Gasteiger partial charge in [0.1, 0.15) is 0 Å². The Hall–Kier alpha value is -0.0800. The predicted molar refractivity (Wildman–Crippen MR) is 81.0 cm³/mol. The third kappa shape index (κ3) is 6.75. The second-order valence-electron chi connectivity index (χ2n) is 6.54. The first-order chi connectivity index (χ1) is 8.59. The van der Waals surface area contributed by atoms with Crippen LogP contribution in [-0.4, -0.2) is 36.6 Å². The molecule has 1 N–H and O–H groups in total. The van der Waals surface area contributed by atoms with Crippen LogP contribution in [0, 0.1) is 5.92 Å². The summed E-state index contributed by atoms with van der Waals surface area (Å²) in [5.41, 5.74) is 0. The Morgan fingerprint density at radius 2 is 1.83 bits per heavy atom. The fourth-order valence-corrected chi connectivity index (χ4v) is 2.97. The van der Waals surface area contributed by atoms with Crippen LogP contribution in [-0.2, 0) is 0 Å². The van der Waals surface area contributed by atoms with Crippen LogP contribution in [0.1, 0.15) is 66.2 Å². The molecule has 18 heavy (non-hydrogen) atoms. The third-order valence-corrected chi connectivity index (χ3v) is 4.20. The predicted octanol–water partition coefficient (Wildman–Crippen LogP) is 3.67. The SMILES string of the molecule is CC1CCN(CCCCCCNC(C)C)C(C)C1. The van der Waals surface area contributed by atoms with Crippen molar-refractivity contribution in [3.05, 3.63) is 0 Å². The molecule has 0 saturated carbocycles. The summed E-state index contributed by atoms with van der Waals surface area (Å²) < 4.78 is 0. The van der Waals surface area contributed by atoms with Crippen LogP contribution in [0.25, 0.3) is 0 Å². The second kappa shape index (κ2) is 8.92. The average molecular weight is 254 g/mol. The Kier molecular flexibility index (Phi) is 7.92. The van der Waals surface area contributed by atoms with Crippen molar-refractivity contribution >= 4 is 0 Å². The molecule has 108 valence electrons. The number of nitrogens with one attached hydrogen (secondary N) is 1. The molecule has 0 spiro atoms. The van der Waals surface area contributed by atoms with Crippen molar-refractivity contribution in [3.63, 3.8) is 0 Å². The van der Waals surface area contributed by atoms with Gasteiger partial charge < -0.3 is 10.2 Å². The Morgan fingerprint density at radius 3 is 2.50 bits per heavy atom. The molecule has 0 aromatic rings. The largest absolute Gasteiger partial charge is 0.315 e. The van der Waals surface area contributed by atoms with Crippen molar-refractivity contribution in [1.82, 2.24) is 10.2 Å². The summed E-state index contributed by atoms with van der Waals surface area (Å²) in [5.74, 6) is 0.943. The molecule has 1 rings (SSSR count). The number of likely N-dealkylation sites (tertiary alicyclic amines) is 1. The highest BCUT2D eigenvalue weighted by molar-refractivity contribution is 4.76. The highest BCUT2D eigenvalue weighted by Crippen LogP contribution is 2.22. The fourth-order valence-electron chi connectivity index (χ4n) is 2.97. The maximum atomic E-state index is 3.49. The molecule has 0 aliphatic carbocycles. The van der Waals surface area contributed by atoms with E-state index in [1.165, 1.54) is 58.2 Å². The Morgan fingerprint density at radius 1 is 1.11 bits per heavy atom. The molecule has 0 radical (unpaired) electrons. The van der Waals surface area contributed by atoms with E-state index in [0.717, 1.165) is 12.0 Å². The van der Waals surface area contributed by atoms with Gasteiger partial charge in [-0.25, -0.2) is 0 Å². The molecule has 2 atom stereocenters. The van der Waals surface area contributed by atoms with E-state index in [2.05, 4.69) is 37.9 Å². The van der Waals surface area contributed by atoms with Crippen LogP contribution in [0.5, 0.6) is 0 Å². The summed E-state index contributed by atoms with van der Waals surface area (Å²) in [7, 11) is 0. The lowest BCUT2D eigenvalue weighted by Crippen LogP contribution is -2.40. The first-order valence-corrected chi connectivity index (χ1v) is 8.07. The molecule has 2 heteroatoms. The van der Waals surface area contributed by atoms with Gasteiger partial charge in [0.15, 0.2) is 0 Å². The highest BCUT2D eigenvalue weighted by atomic mass is 15.2. The first-order valence-electron chi connectivity index (χ1n) is 8.07. The van der Waals surface area contributed by atoms with Gasteiger partial charge in [-0.05, 0) is 58.2 Å². The van der Waals surface area contributed by atoms with E-state index < -0.39 is 0 Å². The number of hydrogen-bond acceptors (Lipinski definition) is 2. The lowest BCUT2D eigenvalue weighted by Gasteiger charge is -2.36. The monoisotopic (exact) mass is 254 g/mol. The Balaban J connectivity index is 1.94. The van der Waals surface area contributed by atoms with E-state index >= 15 is 0 Å². The van der Waals surface area contributed by atoms with Gasteiger partial charge >= 0.3 is 0 Å². The fraction of sp³-hybridized carbons (Fsp3) is 1.00. The van der Waals surface area contributed by atoms with E-state index in [4.69, 9.17) is 0 Å².